The zero-order valence-electron chi connectivity index (χ0n) is 15.8. The van der Waals surface area contributed by atoms with Crippen molar-refractivity contribution >= 4 is 47.4 Å². The Bertz CT molecular complexity index is 617. The van der Waals surface area contributed by atoms with Crippen LogP contribution >= 0.6 is 35.6 Å². The lowest BCUT2D eigenvalue weighted by Crippen LogP contribution is -2.40. The number of rotatable bonds is 8. The van der Waals surface area contributed by atoms with Crippen molar-refractivity contribution in [3.63, 3.8) is 0 Å². The van der Waals surface area contributed by atoms with Gasteiger partial charge in [-0.25, -0.2) is 0 Å². The van der Waals surface area contributed by atoms with Crippen molar-refractivity contribution in [3.8, 4) is 0 Å². The van der Waals surface area contributed by atoms with E-state index in [9.17, 15) is 4.79 Å². The van der Waals surface area contributed by atoms with Gasteiger partial charge in [-0.1, -0.05) is 23.7 Å². The molecule has 0 atom stereocenters. The largest absolute Gasteiger partial charge is 0.357 e. The molecule has 1 aromatic carbocycles. The zero-order valence-corrected chi connectivity index (χ0v) is 18.9. The fraction of sp³-hybridized carbons (Fsp3) is 0.579. The number of guanidine groups is 1. The molecule has 1 fully saturated rings. The third-order valence-corrected chi connectivity index (χ3v) is 4.50. The van der Waals surface area contributed by atoms with E-state index in [2.05, 4.69) is 22.0 Å². The monoisotopic (exact) mass is 492 g/mol. The Kier molecular flexibility index (Phi) is 9.71. The predicted molar refractivity (Wildman–Crippen MR) is 120 cm³/mol. The van der Waals surface area contributed by atoms with Crippen LogP contribution in [0, 0.1) is 0 Å². The highest BCUT2D eigenvalue weighted by Gasteiger charge is 2.44. The zero-order chi connectivity index (χ0) is 18.3. The molecular weight excluding hydrogens is 463 g/mol. The van der Waals surface area contributed by atoms with Gasteiger partial charge in [0.15, 0.2) is 5.96 Å². The van der Waals surface area contributed by atoms with E-state index in [4.69, 9.17) is 16.6 Å². The minimum atomic E-state index is 0. The van der Waals surface area contributed by atoms with E-state index < -0.39 is 0 Å². The maximum Gasteiger partial charge on any atom is 0.221 e. The number of hydrogen-bond donors (Lipinski definition) is 3. The number of carbonyl (C=O) groups excluding carboxylic acids is 1. The molecule has 0 radical (unpaired) electrons. The van der Waals surface area contributed by atoms with E-state index in [-0.39, 0.29) is 41.3 Å². The summed E-state index contributed by atoms with van der Waals surface area (Å²) in [6.45, 7) is 8.03. The molecule has 0 unspecified atom stereocenters. The normalized spacial score (nSPS) is 15.2. The van der Waals surface area contributed by atoms with Crippen LogP contribution in [-0.4, -0.2) is 37.5 Å². The second-order valence-corrected chi connectivity index (χ2v) is 7.32. The Morgan fingerprint density at radius 3 is 2.62 bits per heavy atom. The summed E-state index contributed by atoms with van der Waals surface area (Å²) in [4.78, 5) is 16.4. The SMILES string of the molecule is CCNC(=NCC1(c2cccc(Cl)c2)CC1)NCCC(=O)NC(C)C.I. The quantitative estimate of drug-likeness (QED) is 0.296. The minimum absolute atomic E-state index is 0. The molecule has 0 spiro atoms. The Balaban J connectivity index is 0.00000338. The molecule has 2 rings (SSSR count). The van der Waals surface area contributed by atoms with Crippen molar-refractivity contribution in [1.82, 2.24) is 16.0 Å². The third kappa shape index (κ3) is 7.31. The van der Waals surface area contributed by atoms with Gasteiger partial charge in [0.05, 0.1) is 6.54 Å². The fourth-order valence-electron chi connectivity index (χ4n) is 2.77. The van der Waals surface area contributed by atoms with Crippen LogP contribution in [0.2, 0.25) is 5.02 Å². The molecule has 0 saturated heterocycles. The third-order valence-electron chi connectivity index (χ3n) is 4.27. The number of amides is 1. The van der Waals surface area contributed by atoms with Crippen LogP contribution in [0.25, 0.3) is 0 Å². The van der Waals surface area contributed by atoms with Gasteiger partial charge >= 0.3 is 0 Å². The molecule has 0 aromatic heterocycles. The topological polar surface area (TPSA) is 65.5 Å². The first-order valence-electron chi connectivity index (χ1n) is 9.03. The molecule has 1 saturated carbocycles. The summed E-state index contributed by atoms with van der Waals surface area (Å²) in [6.07, 6.45) is 2.70. The van der Waals surface area contributed by atoms with Crippen LogP contribution in [0.15, 0.2) is 29.3 Å². The molecule has 0 aliphatic heterocycles. The van der Waals surface area contributed by atoms with E-state index in [0.29, 0.717) is 13.0 Å². The van der Waals surface area contributed by atoms with Gasteiger partial charge < -0.3 is 16.0 Å². The van der Waals surface area contributed by atoms with Crippen molar-refractivity contribution in [3.05, 3.63) is 34.9 Å². The lowest BCUT2D eigenvalue weighted by atomic mass is 9.96. The molecule has 1 aliphatic carbocycles. The summed E-state index contributed by atoms with van der Waals surface area (Å²) in [5, 5.41) is 10.1. The maximum absolute atomic E-state index is 11.7. The number of carbonyl (C=O) groups is 1. The van der Waals surface area contributed by atoms with Gasteiger partial charge in [-0.2, -0.15) is 0 Å². The first kappa shape index (κ1) is 23.0. The Morgan fingerprint density at radius 2 is 2.04 bits per heavy atom. The number of aliphatic imine (C=N–C) groups is 1. The van der Waals surface area contributed by atoms with Crippen LogP contribution < -0.4 is 16.0 Å². The van der Waals surface area contributed by atoms with Crippen molar-refractivity contribution in [2.75, 3.05) is 19.6 Å². The number of benzene rings is 1. The van der Waals surface area contributed by atoms with Crippen LogP contribution in [0.1, 0.15) is 45.6 Å². The lowest BCUT2D eigenvalue weighted by molar-refractivity contribution is -0.121. The highest BCUT2D eigenvalue weighted by Crippen LogP contribution is 2.48. The van der Waals surface area contributed by atoms with Gasteiger partial charge in [0.2, 0.25) is 5.91 Å². The summed E-state index contributed by atoms with van der Waals surface area (Å²) < 4.78 is 0. The molecule has 7 heteroatoms. The van der Waals surface area contributed by atoms with Crippen molar-refractivity contribution in [2.24, 2.45) is 4.99 Å². The van der Waals surface area contributed by atoms with Crippen LogP contribution in [0.4, 0.5) is 0 Å². The summed E-state index contributed by atoms with van der Waals surface area (Å²) in [7, 11) is 0. The smallest absolute Gasteiger partial charge is 0.221 e. The first-order chi connectivity index (χ1) is 11.9. The number of nitrogens with zero attached hydrogens (tertiary/aromatic N) is 1. The second kappa shape index (κ2) is 11.0. The van der Waals surface area contributed by atoms with Crippen molar-refractivity contribution in [2.45, 2.75) is 51.5 Å². The van der Waals surface area contributed by atoms with Gasteiger partial charge in [-0.3, -0.25) is 9.79 Å². The molecule has 1 amide bonds. The van der Waals surface area contributed by atoms with Gasteiger partial charge in [0.1, 0.15) is 0 Å². The highest BCUT2D eigenvalue weighted by molar-refractivity contribution is 14.0. The van der Waals surface area contributed by atoms with Crippen molar-refractivity contribution < 1.29 is 4.79 Å². The van der Waals surface area contributed by atoms with E-state index in [1.807, 2.05) is 39.0 Å². The summed E-state index contributed by atoms with van der Waals surface area (Å²) >= 11 is 6.13. The van der Waals surface area contributed by atoms with E-state index >= 15 is 0 Å². The molecule has 26 heavy (non-hydrogen) atoms. The van der Waals surface area contributed by atoms with Gasteiger partial charge in [0.25, 0.3) is 0 Å². The molecule has 5 nitrogen and oxygen atoms in total. The Labute approximate surface area is 178 Å². The molecule has 0 heterocycles. The molecule has 1 aromatic rings. The predicted octanol–water partition coefficient (Wildman–Crippen LogP) is 3.46. The Morgan fingerprint density at radius 1 is 1.31 bits per heavy atom. The van der Waals surface area contributed by atoms with E-state index in [1.165, 1.54) is 5.56 Å². The summed E-state index contributed by atoms with van der Waals surface area (Å²) in [6, 6.07) is 8.24. The van der Waals surface area contributed by atoms with Gasteiger partial charge in [0, 0.05) is 36.0 Å². The maximum atomic E-state index is 11.7. The minimum Gasteiger partial charge on any atom is -0.357 e. The second-order valence-electron chi connectivity index (χ2n) is 6.88. The van der Waals surface area contributed by atoms with Crippen LogP contribution in [0.5, 0.6) is 0 Å². The van der Waals surface area contributed by atoms with Crippen LogP contribution in [-0.2, 0) is 10.2 Å². The molecule has 3 N–H and O–H groups in total. The average molecular weight is 493 g/mol. The van der Waals surface area contributed by atoms with E-state index in [0.717, 1.165) is 36.9 Å². The average Bonchev–Trinajstić information content (AvgIpc) is 3.33. The molecular formula is C19H30ClIN4O. The van der Waals surface area contributed by atoms with Crippen LogP contribution in [0.3, 0.4) is 0 Å². The first-order valence-corrected chi connectivity index (χ1v) is 9.40. The Hall–Kier alpha value is -1.02. The van der Waals surface area contributed by atoms with Gasteiger partial charge in [-0.15, -0.1) is 24.0 Å². The summed E-state index contributed by atoms with van der Waals surface area (Å²) in [5.74, 6) is 0.809. The standard InChI is InChI=1S/C19H29ClN4O.HI/c1-4-21-18(22-11-8-17(25)24-14(2)3)23-13-19(9-10-19)15-6-5-7-16(20)12-15;/h5-7,12,14H,4,8-11,13H2,1-3H3,(H,24,25)(H2,21,22,23);1H. The van der Waals surface area contributed by atoms with Gasteiger partial charge in [-0.05, 0) is 51.3 Å². The van der Waals surface area contributed by atoms with E-state index in [1.54, 1.807) is 0 Å². The highest BCUT2D eigenvalue weighted by atomic mass is 127. The number of hydrogen-bond acceptors (Lipinski definition) is 2. The molecule has 146 valence electrons. The number of halogens is 2. The molecule has 0 bridgehead atoms. The lowest BCUT2D eigenvalue weighted by Gasteiger charge is -2.16. The number of nitrogens with one attached hydrogen (secondary N) is 3. The summed E-state index contributed by atoms with van der Waals surface area (Å²) in [5.41, 5.74) is 1.37. The molecule has 1 aliphatic rings. The fourth-order valence-corrected chi connectivity index (χ4v) is 2.96. The van der Waals surface area contributed by atoms with Crippen molar-refractivity contribution in [1.29, 1.82) is 0 Å².